The van der Waals surface area contributed by atoms with E-state index in [1.54, 1.807) is 7.11 Å². The Morgan fingerprint density at radius 2 is 1.67 bits per heavy atom. The summed E-state index contributed by atoms with van der Waals surface area (Å²) in [6, 6.07) is 18.0. The van der Waals surface area contributed by atoms with Gasteiger partial charge in [-0.15, -0.1) is 0 Å². The highest BCUT2D eigenvalue weighted by Crippen LogP contribution is 2.69. The molecule has 0 aliphatic carbocycles. The summed E-state index contributed by atoms with van der Waals surface area (Å²) in [4.78, 5) is 0. The van der Waals surface area contributed by atoms with Crippen LogP contribution in [-0.4, -0.2) is 7.11 Å². The lowest BCUT2D eigenvalue weighted by Crippen LogP contribution is -2.03. The van der Waals surface area contributed by atoms with Crippen LogP contribution in [-0.2, 0) is 6.16 Å². The normalized spacial score (nSPS) is 13.9. The minimum atomic E-state index is -1.91. The molecule has 4 heteroatoms. The second-order valence-electron chi connectivity index (χ2n) is 4.02. The summed E-state index contributed by atoms with van der Waals surface area (Å²) < 4.78 is 5.14. The summed E-state index contributed by atoms with van der Waals surface area (Å²) in [6.45, 7) is 0. The van der Waals surface area contributed by atoms with Crippen LogP contribution in [0, 0.1) is 0 Å². The van der Waals surface area contributed by atoms with Crippen LogP contribution in [0.4, 0.5) is 0 Å². The molecule has 0 fully saturated rings. The zero-order valence-electron chi connectivity index (χ0n) is 10.1. The number of halogens is 1. The molecule has 2 rings (SSSR count). The molecule has 2 aromatic carbocycles. The van der Waals surface area contributed by atoms with Gasteiger partial charge in [-0.1, -0.05) is 30.3 Å². The molecule has 0 heterocycles. The van der Waals surface area contributed by atoms with E-state index >= 15 is 0 Å². The van der Waals surface area contributed by atoms with E-state index in [9.17, 15) is 0 Å². The molecule has 0 aromatic heterocycles. The quantitative estimate of drug-likeness (QED) is 0.644. The fourth-order valence-electron chi connectivity index (χ4n) is 1.72. The lowest BCUT2D eigenvalue weighted by molar-refractivity contribution is 0.414. The fraction of sp³-hybridized carbons (Fsp3) is 0.143. The number of methoxy groups -OCH3 is 1. The van der Waals surface area contributed by atoms with E-state index < -0.39 is 5.82 Å². The first kappa shape index (κ1) is 13.7. The molecule has 18 heavy (non-hydrogen) atoms. The van der Waals surface area contributed by atoms with E-state index in [0.717, 1.165) is 17.2 Å². The Hall–Kier alpha value is -0.690. The minimum Gasteiger partial charge on any atom is -0.497 e. The average Bonchev–Trinajstić information content (AvgIpc) is 2.40. The van der Waals surface area contributed by atoms with Crippen LogP contribution >= 0.6 is 29.3 Å². The number of hydrogen-bond acceptors (Lipinski definition) is 2. The van der Waals surface area contributed by atoms with Gasteiger partial charge >= 0.3 is 0 Å². The Kier molecular flexibility index (Phi) is 4.55. The van der Waals surface area contributed by atoms with E-state index in [0.29, 0.717) is 0 Å². The van der Waals surface area contributed by atoms with Gasteiger partial charge in [-0.2, -0.15) is 0 Å². The first-order valence-electron chi connectivity index (χ1n) is 5.61. The standard InChI is InChI=1S/C14H15ClOPS/c1-16-13-9-7-12(8-10-13)11-17(15,18)14-5-3-2-4-6-14/h2-10,18H,11H2,1H3/q+1. The smallest absolute Gasteiger partial charge is 0.205 e. The number of benzene rings is 2. The molecule has 0 saturated heterocycles. The summed E-state index contributed by atoms with van der Waals surface area (Å²) in [5, 5.41) is 1.12. The van der Waals surface area contributed by atoms with Crippen LogP contribution in [0.5, 0.6) is 5.75 Å². The third-order valence-corrected chi connectivity index (χ3v) is 6.64. The van der Waals surface area contributed by atoms with E-state index in [1.807, 2.05) is 54.6 Å². The van der Waals surface area contributed by atoms with Crippen LogP contribution in [0.1, 0.15) is 5.56 Å². The molecule has 94 valence electrons. The number of ether oxygens (including phenoxy) is 1. The molecule has 2 aromatic rings. The highest BCUT2D eigenvalue weighted by molar-refractivity contribution is 8.64. The third-order valence-electron chi connectivity index (χ3n) is 2.70. The Bertz CT molecular complexity index is 499. The summed E-state index contributed by atoms with van der Waals surface area (Å²) in [5.41, 5.74) is 1.18. The van der Waals surface area contributed by atoms with Gasteiger partial charge in [0.2, 0.25) is 5.82 Å². The maximum atomic E-state index is 6.61. The molecule has 0 aliphatic rings. The Balaban J connectivity index is 2.16. The van der Waals surface area contributed by atoms with Crippen molar-refractivity contribution in [2.75, 3.05) is 7.11 Å². The Morgan fingerprint density at radius 3 is 2.22 bits per heavy atom. The predicted octanol–water partition coefficient (Wildman–Crippen LogP) is 4.54. The third kappa shape index (κ3) is 3.41. The first-order chi connectivity index (χ1) is 8.62. The van der Waals surface area contributed by atoms with Crippen LogP contribution in [0.25, 0.3) is 0 Å². The number of rotatable bonds is 4. The predicted molar refractivity (Wildman–Crippen MR) is 84.5 cm³/mol. The summed E-state index contributed by atoms with van der Waals surface area (Å²) >= 11 is 11.3. The van der Waals surface area contributed by atoms with Crippen molar-refractivity contribution in [3.8, 4) is 5.75 Å². The van der Waals surface area contributed by atoms with Gasteiger partial charge in [-0.3, -0.25) is 0 Å². The molecule has 1 atom stereocenters. The number of thiol groups is 1. The minimum absolute atomic E-state index is 0.770. The zero-order valence-corrected chi connectivity index (χ0v) is 12.6. The largest absolute Gasteiger partial charge is 0.497 e. The SMILES string of the molecule is COc1ccc(C[P+](S)(Cl)c2ccccc2)cc1. The van der Waals surface area contributed by atoms with Gasteiger partial charge in [0.1, 0.15) is 28.5 Å². The molecule has 0 spiro atoms. The number of hydrogen-bond donors (Lipinski definition) is 1. The van der Waals surface area contributed by atoms with E-state index in [2.05, 4.69) is 12.2 Å². The van der Waals surface area contributed by atoms with Crippen molar-refractivity contribution in [3.63, 3.8) is 0 Å². The van der Waals surface area contributed by atoms with Crippen molar-refractivity contribution in [1.29, 1.82) is 0 Å². The van der Waals surface area contributed by atoms with Crippen molar-refractivity contribution >= 4 is 34.6 Å². The summed E-state index contributed by atoms with van der Waals surface area (Å²) in [5.74, 6) is -1.06. The van der Waals surface area contributed by atoms with Crippen molar-refractivity contribution in [2.45, 2.75) is 6.16 Å². The van der Waals surface area contributed by atoms with Gasteiger partial charge in [-0.05, 0) is 29.8 Å². The Labute approximate surface area is 118 Å². The van der Waals surface area contributed by atoms with Crippen LogP contribution < -0.4 is 10.0 Å². The van der Waals surface area contributed by atoms with Crippen molar-refractivity contribution in [1.82, 2.24) is 0 Å². The van der Waals surface area contributed by atoms with Crippen molar-refractivity contribution in [2.24, 2.45) is 0 Å². The highest BCUT2D eigenvalue weighted by atomic mass is 35.7. The lowest BCUT2D eigenvalue weighted by Gasteiger charge is -2.12. The topological polar surface area (TPSA) is 9.23 Å². The van der Waals surface area contributed by atoms with Crippen LogP contribution in [0.3, 0.4) is 0 Å². The zero-order chi connectivity index (χ0) is 13.0. The molecule has 0 aliphatic heterocycles. The molecule has 1 unspecified atom stereocenters. The first-order valence-corrected chi connectivity index (χ1v) is 9.64. The van der Waals surface area contributed by atoms with Gasteiger partial charge in [0.05, 0.1) is 7.11 Å². The van der Waals surface area contributed by atoms with Gasteiger partial charge in [0.25, 0.3) is 0 Å². The maximum Gasteiger partial charge on any atom is 0.205 e. The second-order valence-corrected chi connectivity index (χ2v) is 10.7. The molecule has 0 saturated carbocycles. The molecule has 0 radical (unpaired) electrons. The monoisotopic (exact) mass is 297 g/mol. The molecular formula is C14H15ClOPS+. The van der Waals surface area contributed by atoms with Crippen LogP contribution in [0.15, 0.2) is 54.6 Å². The maximum absolute atomic E-state index is 6.61. The van der Waals surface area contributed by atoms with Crippen molar-refractivity contribution in [3.05, 3.63) is 60.2 Å². The average molecular weight is 298 g/mol. The van der Waals surface area contributed by atoms with Gasteiger partial charge in [0.15, 0.2) is 0 Å². The Morgan fingerprint density at radius 1 is 1.06 bits per heavy atom. The molecular weight excluding hydrogens is 283 g/mol. The molecule has 0 amide bonds. The second kappa shape index (κ2) is 5.97. The fourth-order valence-corrected chi connectivity index (χ4v) is 4.87. The van der Waals surface area contributed by atoms with Gasteiger partial charge < -0.3 is 4.74 Å². The van der Waals surface area contributed by atoms with E-state index in [4.69, 9.17) is 16.0 Å². The van der Waals surface area contributed by atoms with E-state index in [1.165, 1.54) is 5.56 Å². The van der Waals surface area contributed by atoms with Gasteiger partial charge in [-0.25, -0.2) is 0 Å². The lowest BCUT2D eigenvalue weighted by atomic mass is 10.2. The molecule has 0 bridgehead atoms. The molecule has 1 nitrogen and oxygen atoms in total. The summed E-state index contributed by atoms with van der Waals surface area (Å²) in [6.07, 6.45) is 0.770. The van der Waals surface area contributed by atoms with Crippen molar-refractivity contribution < 1.29 is 4.74 Å². The van der Waals surface area contributed by atoms with Crippen LogP contribution in [0.2, 0.25) is 0 Å². The van der Waals surface area contributed by atoms with Gasteiger partial charge in [0, 0.05) is 12.2 Å². The molecule has 0 N–H and O–H groups in total. The summed E-state index contributed by atoms with van der Waals surface area (Å²) in [7, 11) is 1.66. The highest BCUT2D eigenvalue weighted by Gasteiger charge is 2.35. The van der Waals surface area contributed by atoms with E-state index in [-0.39, 0.29) is 0 Å².